The third-order valence-corrected chi connectivity index (χ3v) is 1.59. The molecule has 0 aromatic heterocycles. The Morgan fingerprint density at radius 3 is 1.47 bits per heavy atom. The maximum absolute atomic E-state index is 12.0. The molecule has 0 aliphatic carbocycles. The lowest BCUT2D eigenvalue weighted by atomic mass is 10.1. The molecule has 0 fully saturated rings. The highest BCUT2D eigenvalue weighted by Gasteiger charge is 1.89. The summed E-state index contributed by atoms with van der Waals surface area (Å²) in [6, 6.07) is 7.60. The lowest BCUT2D eigenvalue weighted by Crippen LogP contribution is -1.81. The molecular weight excluding hydrogens is 194 g/mol. The average Bonchev–Trinajstić information content (AvgIpc) is 2.33. The van der Waals surface area contributed by atoms with Crippen LogP contribution in [-0.4, -0.2) is 7.18 Å². The SMILES string of the molecule is CCC.CCc1ccc(CF)cc1.CF. The Morgan fingerprint density at radius 1 is 0.867 bits per heavy atom. The highest BCUT2D eigenvalue weighted by Crippen LogP contribution is 2.05. The standard InChI is InChI=1S/C9H11F.C3H8.CH3F/c1-2-8-3-5-9(7-10)6-4-8;1-3-2;1-2/h3-6H,2,7H2,1H3;3H2,1-2H3;1H3. The largest absolute Gasteiger partial charge is 0.255 e. The first kappa shape index (κ1) is 16.5. The molecule has 0 aliphatic rings. The molecule has 1 aromatic rings. The van der Waals surface area contributed by atoms with E-state index in [1.54, 1.807) is 0 Å². The van der Waals surface area contributed by atoms with Gasteiger partial charge in [-0.1, -0.05) is 51.5 Å². The van der Waals surface area contributed by atoms with Crippen molar-refractivity contribution in [1.82, 2.24) is 0 Å². The van der Waals surface area contributed by atoms with Crippen LogP contribution in [0.2, 0.25) is 0 Å². The van der Waals surface area contributed by atoms with Gasteiger partial charge in [0.05, 0.1) is 7.18 Å². The number of benzene rings is 1. The van der Waals surface area contributed by atoms with Crippen molar-refractivity contribution in [2.75, 3.05) is 7.18 Å². The summed E-state index contributed by atoms with van der Waals surface area (Å²) in [7, 11) is 0.500. The molecule has 0 saturated heterocycles. The highest BCUT2D eigenvalue weighted by molar-refractivity contribution is 5.21. The molecule has 0 atom stereocenters. The molecular formula is C13H22F2. The van der Waals surface area contributed by atoms with E-state index < -0.39 is 0 Å². The predicted molar refractivity (Wildman–Crippen MR) is 63.6 cm³/mol. The van der Waals surface area contributed by atoms with E-state index in [4.69, 9.17) is 0 Å². The van der Waals surface area contributed by atoms with Crippen molar-refractivity contribution in [3.05, 3.63) is 35.4 Å². The average molecular weight is 216 g/mol. The van der Waals surface area contributed by atoms with Gasteiger partial charge in [-0.25, -0.2) is 4.39 Å². The van der Waals surface area contributed by atoms with Crippen molar-refractivity contribution in [2.24, 2.45) is 0 Å². The van der Waals surface area contributed by atoms with Crippen molar-refractivity contribution in [1.29, 1.82) is 0 Å². The molecule has 0 saturated carbocycles. The molecule has 2 heteroatoms. The number of rotatable bonds is 2. The Balaban J connectivity index is 0. The number of alkyl halides is 2. The summed E-state index contributed by atoms with van der Waals surface area (Å²) in [6.07, 6.45) is 2.27. The molecule has 15 heavy (non-hydrogen) atoms. The maximum atomic E-state index is 12.0. The smallest absolute Gasteiger partial charge is 0.115 e. The maximum Gasteiger partial charge on any atom is 0.115 e. The van der Waals surface area contributed by atoms with Crippen LogP contribution in [-0.2, 0) is 13.1 Å². The van der Waals surface area contributed by atoms with Gasteiger partial charge in [0.15, 0.2) is 0 Å². The van der Waals surface area contributed by atoms with Gasteiger partial charge < -0.3 is 0 Å². The van der Waals surface area contributed by atoms with E-state index in [1.807, 2.05) is 24.3 Å². The lowest BCUT2D eigenvalue weighted by molar-refractivity contribution is 0.485. The number of halogens is 2. The number of hydrogen-bond acceptors (Lipinski definition) is 0. The Hall–Kier alpha value is -0.920. The minimum Gasteiger partial charge on any atom is -0.255 e. The van der Waals surface area contributed by atoms with E-state index in [-0.39, 0.29) is 6.67 Å². The molecule has 0 aliphatic heterocycles. The summed E-state index contributed by atoms with van der Waals surface area (Å²) >= 11 is 0. The second kappa shape index (κ2) is 13.1. The molecule has 0 spiro atoms. The van der Waals surface area contributed by atoms with Crippen molar-refractivity contribution in [3.63, 3.8) is 0 Å². The Kier molecular flexibility index (Phi) is 14.4. The fraction of sp³-hybridized carbons (Fsp3) is 0.538. The van der Waals surface area contributed by atoms with Gasteiger partial charge in [-0.05, 0) is 17.5 Å². The van der Waals surface area contributed by atoms with Crippen LogP contribution in [0.15, 0.2) is 24.3 Å². The van der Waals surface area contributed by atoms with Crippen molar-refractivity contribution in [2.45, 2.75) is 40.3 Å². The molecule has 0 bridgehead atoms. The third-order valence-electron chi connectivity index (χ3n) is 1.59. The summed E-state index contributed by atoms with van der Waals surface area (Å²) in [6.45, 7) is 5.98. The van der Waals surface area contributed by atoms with Gasteiger partial charge in [-0.15, -0.1) is 0 Å². The molecule has 0 radical (unpaired) electrons. The fourth-order valence-electron chi connectivity index (χ4n) is 0.864. The van der Waals surface area contributed by atoms with Crippen LogP contribution >= 0.6 is 0 Å². The molecule has 0 unspecified atom stereocenters. The summed E-state index contributed by atoms with van der Waals surface area (Å²) in [5.41, 5.74) is 2.02. The second-order valence-corrected chi connectivity index (χ2v) is 3.01. The van der Waals surface area contributed by atoms with Gasteiger partial charge in [-0.3, -0.25) is 4.39 Å². The van der Waals surface area contributed by atoms with Crippen molar-refractivity contribution in [3.8, 4) is 0 Å². The molecule has 0 heterocycles. The van der Waals surface area contributed by atoms with E-state index in [2.05, 4.69) is 20.8 Å². The summed E-state index contributed by atoms with van der Waals surface area (Å²) in [5.74, 6) is 0. The zero-order valence-corrected chi connectivity index (χ0v) is 10.2. The zero-order valence-electron chi connectivity index (χ0n) is 10.2. The molecule has 0 N–H and O–H groups in total. The zero-order chi connectivity index (χ0) is 12.1. The highest BCUT2D eigenvalue weighted by atomic mass is 19.1. The predicted octanol–water partition coefficient (Wildman–Crippen LogP) is 4.72. The van der Waals surface area contributed by atoms with Crippen molar-refractivity contribution < 1.29 is 8.78 Å². The van der Waals surface area contributed by atoms with Gasteiger partial charge in [0, 0.05) is 0 Å². The first-order valence-electron chi connectivity index (χ1n) is 5.30. The van der Waals surface area contributed by atoms with E-state index in [0.29, 0.717) is 7.18 Å². The molecule has 88 valence electrons. The number of aryl methyl sites for hydroxylation is 1. The minimum atomic E-state index is -0.357. The van der Waals surface area contributed by atoms with Crippen LogP contribution < -0.4 is 0 Å². The Bertz CT molecular complexity index is 181. The first-order chi connectivity index (χ1) is 7.28. The number of hydrogen-bond donors (Lipinski definition) is 0. The van der Waals surface area contributed by atoms with Crippen LogP contribution in [0.1, 0.15) is 38.3 Å². The van der Waals surface area contributed by atoms with Crippen LogP contribution in [0.25, 0.3) is 0 Å². The first-order valence-corrected chi connectivity index (χ1v) is 5.30. The summed E-state index contributed by atoms with van der Waals surface area (Å²) in [5, 5.41) is 0. The third kappa shape index (κ3) is 9.39. The summed E-state index contributed by atoms with van der Waals surface area (Å²) in [4.78, 5) is 0. The molecule has 0 nitrogen and oxygen atoms in total. The van der Waals surface area contributed by atoms with Crippen LogP contribution in [0.3, 0.4) is 0 Å². The Morgan fingerprint density at radius 2 is 1.20 bits per heavy atom. The fourth-order valence-corrected chi connectivity index (χ4v) is 0.864. The van der Waals surface area contributed by atoms with E-state index in [1.165, 1.54) is 12.0 Å². The van der Waals surface area contributed by atoms with Gasteiger partial charge in [0.2, 0.25) is 0 Å². The quantitative estimate of drug-likeness (QED) is 0.671. The monoisotopic (exact) mass is 216 g/mol. The lowest BCUT2D eigenvalue weighted by Gasteiger charge is -1.96. The molecule has 1 rings (SSSR count). The van der Waals surface area contributed by atoms with Crippen LogP contribution in [0, 0.1) is 0 Å². The van der Waals surface area contributed by atoms with Crippen LogP contribution in [0.4, 0.5) is 8.78 Å². The van der Waals surface area contributed by atoms with Gasteiger partial charge in [0.25, 0.3) is 0 Å². The van der Waals surface area contributed by atoms with Crippen LogP contribution in [0.5, 0.6) is 0 Å². The minimum absolute atomic E-state index is 0.357. The van der Waals surface area contributed by atoms with Gasteiger partial charge in [0.1, 0.15) is 6.67 Å². The summed E-state index contributed by atoms with van der Waals surface area (Å²) < 4.78 is 21.5. The van der Waals surface area contributed by atoms with Gasteiger partial charge >= 0.3 is 0 Å². The Labute approximate surface area is 92.3 Å². The van der Waals surface area contributed by atoms with E-state index in [0.717, 1.165) is 12.0 Å². The van der Waals surface area contributed by atoms with Gasteiger partial charge in [-0.2, -0.15) is 0 Å². The normalized spacial score (nSPS) is 8.13. The molecule has 0 amide bonds. The topological polar surface area (TPSA) is 0 Å². The second-order valence-electron chi connectivity index (χ2n) is 3.01. The van der Waals surface area contributed by atoms with E-state index >= 15 is 0 Å². The molecule has 1 aromatic carbocycles. The van der Waals surface area contributed by atoms with E-state index in [9.17, 15) is 8.78 Å². The van der Waals surface area contributed by atoms with Crippen molar-refractivity contribution >= 4 is 0 Å².